The highest BCUT2D eigenvalue weighted by Gasteiger charge is 2.11. The predicted octanol–water partition coefficient (Wildman–Crippen LogP) is 2.50. The second-order valence-corrected chi connectivity index (χ2v) is 4.41. The van der Waals surface area contributed by atoms with Crippen LogP contribution in [0.5, 0.6) is 0 Å². The van der Waals surface area contributed by atoms with Crippen LogP contribution in [0.25, 0.3) is 21.5 Å². The molecule has 0 aliphatic heterocycles. The van der Waals surface area contributed by atoms with Crippen LogP contribution in [0.2, 0.25) is 0 Å². The number of carbonyl (C=O) groups excluding carboxylic acids is 1. The molecule has 3 heterocycles. The largest absolute Gasteiger partial charge is 0.297 e. The summed E-state index contributed by atoms with van der Waals surface area (Å²) in [6.45, 7) is 0. The standard InChI is InChI=1S/C11H7N3OS/c15-6-8-4-9-11(16-8)10(14-13-9)7-2-1-3-12-5-7/h1-6H,(H,13,14). The third-order valence-electron chi connectivity index (χ3n) is 2.31. The van der Waals surface area contributed by atoms with Crippen LogP contribution in [-0.4, -0.2) is 21.5 Å². The lowest BCUT2D eigenvalue weighted by atomic mass is 10.2. The smallest absolute Gasteiger partial charge is 0.160 e. The van der Waals surface area contributed by atoms with Gasteiger partial charge in [0.25, 0.3) is 0 Å². The van der Waals surface area contributed by atoms with Gasteiger partial charge in [-0.1, -0.05) is 0 Å². The number of thiophene rings is 1. The highest BCUT2D eigenvalue weighted by atomic mass is 32.1. The minimum Gasteiger partial charge on any atom is -0.297 e. The maximum atomic E-state index is 10.7. The summed E-state index contributed by atoms with van der Waals surface area (Å²) in [7, 11) is 0. The van der Waals surface area contributed by atoms with Crippen molar-refractivity contribution in [3.8, 4) is 11.3 Å². The molecular weight excluding hydrogens is 222 g/mol. The van der Waals surface area contributed by atoms with Crippen LogP contribution in [0.15, 0.2) is 30.6 Å². The number of hydrogen-bond donors (Lipinski definition) is 1. The van der Waals surface area contributed by atoms with Crippen molar-refractivity contribution < 1.29 is 4.79 Å². The summed E-state index contributed by atoms with van der Waals surface area (Å²) >= 11 is 1.44. The maximum absolute atomic E-state index is 10.7. The number of carbonyl (C=O) groups is 1. The third-order valence-corrected chi connectivity index (χ3v) is 3.37. The van der Waals surface area contributed by atoms with E-state index in [1.165, 1.54) is 11.3 Å². The third kappa shape index (κ3) is 1.33. The minimum atomic E-state index is 0.703. The molecule has 0 fully saturated rings. The Kier molecular flexibility index (Phi) is 2.04. The molecule has 0 aliphatic carbocycles. The van der Waals surface area contributed by atoms with Gasteiger partial charge in [0.2, 0.25) is 0 Å². The Morgan fingerprint density at radius 3 is 3.12 bits per heavy atom. The Morgan fingerprint density at radius 1 is 1.44 bits per heavy atom. The van der Waals surface area contributed by atoms with Gasteiger partial charge in [0, 0.05) is 18.0 Å². The van der Waals surface area contributed by atoms with Crippen LogP contribution < -0.4 is 0 Å². The van der Waals surface area contributed by atoms with Gasteiger partial charge in [-0.25, -0.2) is 0 Å². The predicted molar refractivity (Wildman–Crippen MR) is 62.6 cm³/mol. The molecule has 0 spiro atoms. The Morgan fingerprint density at radius 2 is 2.38 bits per heavy atom. The molecule has 3 rings (SSSR count). The van der Waals surface area contributed by atoms with Crippen LogP contribution in [0.4, 0.5) is 0 Å². The van der Waals surface area contributed by atoms with Crippen molar-refractivity contribution in [3.63, 3.8) is 0 Å². The molecule has 4 nitrogen and oxygen atoms in total. The normalized spacial score (nSPS) is 10.8. The Bertz CT molecular complexity index is 642. The number of aldehydes is 1. The molecule has 5 heteroatoms. The number of H-pyrrole nitrogens is 1. The molecular formula is C11H7N3OS. The molecule has 0 saturated heterocycles. The van der Waals surface area contributed by atoms with Crippen molar-refractivity contribution in [2.24, 2.45) is 0 Å². The fraction of sp³-hybridized carbons (Fsp3) is 0. The quantitative estimate of drug-likeness (QED) is 0.687. The molecule has 0 amide bonds. The van der Waals surface area contributed by atoms with Gasteiger partial charge in [-0.15, -0.1) is 11.3 Å². The average molecular weight is 229 g/mol. The molecule has 16 heavy (non-hydrogen) atoms. The second kappa shape index (κ2) is 3.53. The molecule has 0 radical (unpaired) electrons. The molecule has 78 valence electrons. The number of pyridine rings is 1. The summed E-state index contributed by atoms with van der Waals surface area (Å²) in [5, 5.41) is 7.15. The van der Waals surface area contributed by atoms with E-state index in [9.17, 15) is 4.79 Å². The van der Waals surface area contributed by atoms with E-state index in [-0.39, 0.29) is 0 Å². The van der Waals surface area contributed by atoms with Gasteiger partial charge >= 0.3 is 0 Å². The summed E-state index contributed by atoms with van der Waals surface area (Å²) in [5.74, 6) is 0. The van der Waals surface area contributed by atoms with Gasteiger partial charge in [0.05, 0.1) is 15.1 Å². The molecule has 0 saturated carbocycles. The number of nitrogens with one attached hydrogen (secondary N) is 1. The fourth-order valence-electron chi connectivity index (χ4n) is 1.59. The van der Waals surface area contributed by atoms with Gasteiger partial charge in [-0.2, -0.15) is 5.10 Å². The highest BCUT2D eigenvalue weighted by molar-refractivity contribution is 7.21. The van der Waals surface area contributed by atoms with Gasteiger partial charge in [0.15, 0.2) is 6.29 Å². The van der Waals surface area contributed by atoms with Gasteiger partial charge in [0.1, 0.15) is 5.69 Å². The first kappa shape index (κ1) is 9.23. The Hall–Kier alpha value is -2.01. The first-order chi connectivity index (χ1) is 7.88. The molecule has 0 unspecified atom stereocenters. The van der Waals surface area contributed by atoms with Crippen molar-refractivity contribution in [1.82, 2.24) is 15.2 Å². The number of aromatic nitrogens is 3. The fourth-order valence-corrected chi connectivity index (χ4v) is 2.53. The molecule has 0 aliphatic rings. The van der Waals surface area contributed by atoms with Crippen molar-refractivity contribution in [2.45, 2.75) is 0 Å². The Balaban J connectivity index is 2.24. The molecule has 0 bridgehead atoms. The summed E-state index contributed by atoms with van der Waals surface area (Å²) in [5.41, 5.74) is 2.69. The van der Waals surface area contributed by atoms with E-state index in [0.29, 0.717) is 4.88 Å². The van der Waals surface area contributed by atoms with E-state index in [1.807, 2.05) is 12.1 Å². The van der Waals surface area contributed by atoms with E-state index >= 15 is 0 Å². The van der Waals surface area contributed by atoms with E-state index in [4.69, 9.17) is 0 Å². The van der Waals surface area contributed by atoms with Crippen molar-refractivity contribution >= 4 is 27.8 Å². The highest BCUT2D eigenvalue weighted by Crippen LogP contribution is 2.31. The molecule has 3 aromatic heterocycles. The van der Waals surface area contributed by atoms with E-state index < -0.39 is 0 Å². The summed E-state index contributed by atoms with van der Waals surface area (Å²) in [4.78, 5) is 15.4. The number of aromatic amines is 1. The lowest BCUT2D eigenvalue weighted by molar-refractivity contribution is 0.112. The molecule has 0 aromatic carbocycles. The zero-order valence-electron chi connectivity index (χ0n) is 8.18. The SMILES string of the molecule is O=Cc1cc2[nH]nc(-c3cccnc3)c2s1. The van der Waals surface area contributed by atoms with Crippen LogP contribution in [0.3, 0.4) is 0 Å². The van der Waals surface area contributed by atoms with Gasteiger partial charge in [-0.05, 0) is 18.2 Å². The Labute approximate surface area is 95.0 Å². The number of fused-ring (bicyclic) bond motifs is 1. The van der Waals surface area contributed by atoms with Gasteiger partial charge in [-0.3, -0.25) is 14.9 Å². The number of hydrogen-bond acceptors (Lipinski definition) is 4. The van der Waals surface area contributed by atoms with Crippen LogP contribution in [0.1, 0.15) is 9.67 Å². The van der Waals surface area contributed by atoms with Crippen molar-refractivity contribution in [2.75, 3.05) is 0 Å². The molecule has 0 atom stereocenters. The average Bonchev–Trinajstić information content (AvgIpc) is 2.88. The number of nitrogens with zero attached hydrogens (tertiary/aromatic N) is 2. The molecule has 1 N–H and O–H groups in total. The zero-order valence-corrected chi connectivity index (χ0v) is 8.99. The van der Waals surface area contributed by atoms with E-state index in [1.54, 1.807) is 18.5 Å². The van der Waals surface area contributed by atoms with Gasteiger partial charge < -0.3 is 0 Å². The van der Waals surface area contributed by atoms with Crippen LogP contribution in [-0.2, 0) is 0 Å². The van der Waals surface area contributed by atoms with Crippen molar-refractivity contribution in [3.05, 3.63) is 35.5 Å². The van der Waals surface area contributed by atoms with Crippen LogP contribution >= 0.6 is 11.3 Å². The summed E-state index contributed by atoms with van der Waals surface area (Å²) < 4.78 is 0.995. The zero-order chi connectivity index (χ0) is 11.0. The van der Waals surface area contributed by atoms with Crippen LogP contribution in [0, 0.1) is 0 Å². The first-order valence-corrected chi connectivity index (χ1v) is 5.53. The first-order valence-electron chi connectivity index (χ1n) is 4.72. The maximum Gasteiger partial charge on any atom is 0.160 e. The second-order valence-electron chi connectivity index (χ2n) is 3.32. The lowest BCUT2D eigenvalue weighted by Crippen LogP contribution is -1.79. The van der Waals surface area contributed by atoms with E-state index in [0.717, 1.165) is 27.8 Å². The molecule has 3 aromatic rings. The topological polar surface area (TPSA) is 58.6 Å². The minimum absolute atomic E-state index is 0.703. The van der Waals surface area contributed by atoms with E-state index in [2.05, 4.69) is 15.2 Å². The number of rotatable bonds is 2. The monoisotopic (exact) mass is 229 g/mol. The van der Waals surface area contributed by atoms with Crippen molar-refractivity contribution in [1.29, 1.82) is 0 Å². The summed E-state index contributed by atoms with van der Waals surface area (Å²) in [6.07, 6.45) is 4.33. The summed E-state index contributed by atoms with van der Waals surface area (Å²) in [6, 6.07) is 5.62. The lowest BCUT2D eigenvalue weighted by Gasteiger charge is -1.93.